The summed E-state index contributed by atoms with van der Waals surface area (Å²) in [6.45, 7) is 0. The normalized spacial score (nSPS) is 0. The van der Waals surface area contributed by atoms with E-state index in [2.05, 4.69) is 0 Å². The summed E-state index contributed by atoms with van der Waals surface area (Å²) in [5, 5.41) is 0. The molecular weight excluding hydrogens is 374 g/mol. The molecule has 4 heteroatoms. The molecule has 0 aliphatic rings. The van der Waals surface area contributed by atoms with Gasteiger partial charge in [0, 0.05) is 39.9 Å². The van der Waals surface area contributed by atoms with Gasteiger partial charge in [0.2, 0.25) is 0 Å². The predicted molar refractivity (Wildman–Crippen MR) is 9.23 cm³/mol. The molecule has 0 unspecified atom stereocenters. The van der Waals surface area contributed by atoms with Crippen molar-refractivity contribution < 1.29 is 62.5 Å². The van der Waals surface area contributed by atoms with Crippen LogP contribution in [0.15, 0.2) is 0 Å². The summed E-state index contributed by atoms with van der Waals surface area (Å²) in [7, 11) is 0. The van der Waals surface area contributed by atoms with Crippen LogP contribution < -0.4 is 0 Å². The second-order valence-electron chi connectivity index (χ2n) is 0. The van der Waals surface area contributed by atoms with Crippen molar-refractivity contribution in [3.8, 4) is 0 Å². The number of hydrogen-bond donors (Lipinski definition) is 0. The Morgan fingerprint density at radius 1 is 1.00 bits per heavy atom. The van der Waals surface area contributed by atoms with Crippen LogP contribution in [0.25, 0.3) is 0 Å². The van der Waals surface area contributed by atoms with Gasteiger partial charge in [-0.3, -0.25) is 0 Å². The van der Waals surface area contributed by atoms with Crippen molar-refractivity contribution in [2.75, 3.05) is 0 Å². The smallest absolute Gasteiger partial charge is 2.00 e. The molecule has 0 saturated carbocycles. The van der Waals surface area contributed by atoms with E-state index >= 15 is 0 Å². The fraction of sp³-hybridized carbons (Fsp3) is 0. The number of hydrogen-bond acceptors (Lipinski definition) is 0. The molecule has 0 heterocycles. The van der Waals surface area contributed by atoms with E-state index in [0.717, 1.165) is 0 Å². The predicted octanol–water partition coefficient (Wildman–Crippen LogP) is -1.04. The molecule has 1 nitrogen and oxygen atoms in total. The average Bonchev–Trinajstić information content (AvgIpc) is 0. The summed E-state index contributed by atoms with van der Waals surface area (Å²) in [4.78, 5) is 0. The molecule has 1 radical (unpaired) electrons. The van der Waals surface area contributed by atoms with Crippen molar-refractivity contribution >= 4 is 48.9 Å². The van der Waals surface area contributed by atoms with Crippen molar-refractivity contribution in [3.05, 3.63) is 0 Å². The zero-order valence-electron chi connectivity index (χ0n) is 1.06. The fourth-order valence-electron chi connectivity index (χ4n) is 0. The van der Waals surface area contributed by atoms with Crippen LogP contribution in [0.2, 0.25) is 0 Å². The Morgan fingerprint density at radius 2 is 1.00 bits per heavy atom. The molecular formula is H2BaCuGdO. The summed E-state index contributed by atoms with van der Waals surface area (Å²) in [5.74, 6) is 0. The first-order valence-corrected chi connectivity index (χ1v) is 0. The largest absolute Gasteiger partial charge is 2.00 e. The third-order valence-electron chi connectivity index (χ3n) is 0. The third kappa shape index (κ3) is 9.03. The molecule has 0 aliphatic heterocycles. The first-order valence-electron chi connectivity index (χ1n) is 0. The van der Waals surface area contributed by atoms with Crippen LogP contribution in [0.1, 0.15) is 0 Å². The van der Waals surface area contributed by atoms with Crippen molar-refractivity contribution in [1.29, 1.82) is 0 Å². The Balaban J connectivity index is 0. The minimum absolute atomic E-state index is 0. The zero-order valence-corrected chi connectivity index (χ0v) is 4.27. The van der Waals surface area contributed by atoms with Crippen LogP contribution >= 0.6 is 0 Å². The Labute approximate surface area is 108 Å². The molecule has 0 amide bonds. The van der Waals surface area contributed by atoms with Crippen LogP contribution in [-0.4, -0.2) is 48.9 Å². The SMILES string of the molecule is [BaH2].[Cu+2].[Gd].[O-2]. The van der Waals surface area contributed by atoms with Gasteiger partial charge in [-0.15, -0.1) is 0 Å². The van der Waals surface area contributed by atoms with Crippen LogP contribution in [0, 0.1) is 39.9 Å². The van der Waals surface area contributed by atoms with Gasteiger partial charge in [-0.05, 0) is 0 Å². The molecule has 0 fully saturated rings. The molecule has 0 bridgehead atoms. The Morgan fingerprint density at radius 3 is 1.00 bits per heavy atom. The minimum Gasteiger partial charge on any atom is -2.00 e. The fourth-order valence-corrected chi connectivity index (χ4v) is 0. The molecule has 0 spiro atoms. The molecule has 0 rings (SSSR count). The van der Waals surface area contributed by atoms with E-state index in [-0.39, 0.29) is 111 Å². The van der Waals surface area contributed by atoms with E-state index in [1.165, 1.54) is 0 Å². The molecule has 0 aromatic rings. The zero-order chi connectivity index (χ0) is 0. The van der Waals surface area contributed by atoms with E-state index in [0.29, 0.717) is 0 Å². The van der Waals surface area contributed by atoms with E-state index < -0.39 is 0 Å². The quantitative estimate of drug-likeness (QED) is 0.484. The molecule has 0 saturated heterocycles. The van der Waals surface area contributed by atoms with Gasteiger partial charge in [0.1, 0.15) is 0 Å². The van der Waals surface area contributed by atoms with Gasteiger partial charge >= 0.3 is 65.9 Å². The summed E-state index contributed by atoms with van der Waals surface area (Å²) in [6, 6.07) is 0. The second-order valence-corrected chi connectivity index (χ2v) is 0. The van der Waals surface area contributed by atoms with Crippen LogP contribution in [-0.2, 0) is 22.5 Å². The average molecular weight is 376 g/mol. The Kier molecular flexibility index (Phi) is 106. The van der Waals surface area contributed by atoms with Crippen LogP contribution in [0.3, 0.4) is 0 Å². The topological polar surface area (TPSA) is 28.5 Å². The third-order valence-corrected chi connectivity index (χ3v) is 0. The monoisotopic (exact) mass is 377 g/mol. The van der Waals surface area contributed by atoms with E-state index in [9.17, 15) is 0 Å². The minimum atomic E-state index is 0. The first kappa shape index (κ1) is 26.3. The summed E-state index contributed by atoms with van der Waals surface area (Å²) in [6.07, 6.45) is 0. The molecule has 0 aromatic carbocycles. The molecule has 4 heavy (non-hydrogen) atoms. The van der Waals surface area contributed by atoms with Gasteiger partial charge in [0.25, 0.3) is 0 Å². The Hall–Kier alpha value is 3.38. The van der Waals surface area contributed by atoms with E-state index in [1.807, 2.05) is 0 Å². The molecule has 0 N–H and O–H groups in total. The van der Waals surface area contributed by atoms with Crippen molar-refractivity contribution in [1.82, 2.24) is 0 Å². The van der Waals surface area contributed by atoms with Crippen LogP contribution in [0.5, 0.6) is 0 Å². The summed E-state index contributed by atoms with van der Waals surface area (Å²) >= 11 is 0. The van der Waals surface area contributed by atoms with Gasteiger partial charge in [-0.1, -0.05) is 0 Å². The van der Waals surface area contributed by atoms with Crippen molar-refractivity contribution in [2.45, 2.75) is 0 Å². The maximum absolute atomic E-state index is 0. The van der Waals surface area contributed by atoms with Gasteiger partial charge in [-0.2, -0.15) is 0 Å². The maximum atomic E-state index is 0. The van der Waals surface area contributed by atoms with E-state index in [4.69, 9.17) is 0 Å². The number of rotatable bonds is 0. The molecule has 0 aliphatic carbocycles. The van der Waals surface area contributed by atoms with E-state index in [1.54, 1.807) is 0 Å². The van der Waals surface area contributed by atoms with Gasteiger partial charge in [0.15, 0.2) is 0 Å². The van der Waals surface area contributed by atoms with Gasteiger partial charge < -0.3 is 5.48 Å². The summed E-state index contributed by atoms with van der Waals surface area (Å²) < 4.78 is 0. The molecule has 29 valence electrons. The maximum Gasteiger partial charge on any atom is 2.00 e. The van der Waals surface area contributed by atoms with Gasteiger partial charge in [-0.25, -0.2) is 0 Å². The Bertz CT molecular complexity index is 8.00. The standard InChI is InChI=1S/Ba.Cu.Gd.O.2H/q;+2;;-2;;. The summed E-state index contributed by atoms with van der Waals surface area (Å²) in [5.41, 5.74) is 0. The van der Waals surface area contributed by atoms with Crippen molar-refractivity contribution in [2.24, 2.45) is 0 Å². The first-order chi connectivity index (χ1) is 0. The second kappa shape index (κ2) is 16.2. The molecule has 0 atom stereocenters. The molecule has 0 aromatic heterocycles. The van der Waals surface area contributed by atoms with Crippen LogP contribution in [0.4, 0.5) is 0 Å². The van der Waals surface area contributed by atoms with Crippen molar-refractivity contribution in [3.63, 3.8) is 0 Å². The van der Waals surface area contributed by atoms with Gasteiger partial charge in [0.05, 0.1) is 0 Å².